The van der Waals surface area contributed by atoms with Gasteiger partial charge < -0.3 is 9.64 Å². The molecule has 7 nitrogen and oxygen atoms in total. The van der Waals surface area contributed by atoms with Crippen LogP contribution in [-0.2, 0) is 11.8 Å². The molecule has 4 rings (SSSR count). The lowest BCUT2D eigenvalue weighted by Crippen LogP contribution is -2.44. The average molecular weight is 397 g/mol. The first kappa shape index (κ1) is 19.3. The van der Waals surface area contributed by atoms with Gasteiger partial charge in [0.15, 0.2) is 0 Å². The van der Waals surface area contributed by atoms with Gasteiger partial charge in [0.25, 0.3) is 5.91 Å². The highest BCUT2D eigenvalue weighted by atomic mass is 19.1. The summed E-state index contributed by atoms with van der Waals surface area (Å²) in [7, 11) is 1.80. The molecule has 0 saturated carbocycles. The number of hydrogen-bond donors (Lipinski definition) is 0. The van der Waals surface area contributed by atoms with Gasteiger partial charge in [-0.15, -0.1) is 0 Å². The van der Waals surface area contributed by atoms with Crippen LogP contribution in [0.25, 0.3) is 5.69 Å². The summed E-state index contributed by atoms with van der Waals surface area (Å²) < 4.78 is 23.3. The van der Waals surface area contributed by atoms with Crippen LogP contribution >= 0.6 is 0 Å². The Morgan fingerprint density at radius 1 is 1.17 bits per heavy atom. The molecule has 0 bridgehead atoms. The first-order valence-corrected chi connectivity index (χ1v) is 9.58. The van der Waals surface area contributed by atoms with Crippen molar-refractivity contribution >= 4 is 5.91 Å². The summed E-state index contributed by atoms with van der Waals surface area (Å²) in [6.45, 7) is 6.92. The van der Waals surface area contributed by atoms with Gasteiger partial charge in [-0.25, -0.2) is 9.07 Å². The van der Waals surface area contributed by atoms with Gasteiger partial charge in [0.05, 0.1) is 36.2 Å². The molecule has 0 unspecified atom stereocenters. The minimum absolute atomic E-state index is 0.0821. The molecular weight excluding hydrogens is 373 g/mol. The lowest BCUT2D eigenvalue weighted by atomic mass is 10.0. The molecule has 1 aliphatic rings. The van der Waals surface area contributed by atoms with E-state index in [2.05, 4.69) is 10.2 Å². The number of benzene rings is 1. The Hall–Kier alpha value is -3.00. The van der Waals surface area contributed by atoms with Crippen LogP contribution in [0, 0.1) is 26.6 Å². The monoisotopic (exact) mass is 397 g/mol. The minimum Gasteiger partial charge on any atom is -0.377 e. The summed E-state index contributed by atoms with van der Waals surface area (Å²) in [6.07, 6.45) is 1.74. The third-order valence-electron chi connectivity index (χ3n) is 5.39. The summed E-state index contributed by atoms with van der Waals surface area (Å²) in [5.74, 6) is -0.426. The molecule has 3 aromatic rings. The Kier molecular flexibility index (Phi) is 4.96. The van der Waals surface area contributed by atoms with Crippen LogP contribution < -0.4 is 0 Å². The van der Waals surface area contributed by atoms with Crippen LogP contribution in [0.3, 0.4) is 0 Å². The highest BCUT2D eigenvalue weighted by Crippen LogP contribution is 2.32. The molecule has 0 radical (unpaired) electrons. The second kappa shape index (κ2) is 7.44. The number of aromatic nitrogens is 4. The summed E-state index contributed by atoms with van der Waals surface area (Å²) in [4.78, 5) is 15.1. The molecule has 1 saturated heterocycles. The SMILES string of the molecule is Cc1nn(C)cc1C(=O)N1CCOC[C@H]1c1c(C)nn(-c2ccccc2F)c1C. The van der Waals surface area contributed by atoms with E-state index in [1.807, 2.05) is 25.7 Å². The maximum absolute atomic E-state index is 14.4. The van der Waals surface area contributed by atoms with Gasteiger partial charge in [-0.3, -0.25) is 9.48 Å². The fourth-order valence-electron chi connectivity index (χ4n) is 4.05. The van der Waals surface area contributed by atoms with E-state index >= 15 is 0 Å². The van der Waals surface area contributed by atoms with Gasteiger partial charge in [0, 0.05) is 31.0 Å². The molecule has 0 N–H and O–H groups in total. The lowest BCUT2D eigenvalue weighted by Gasteiger charge is -2.36. The van der Waals surface area contributed by atoms with Crippen molar-refractivity contribution in [2.24, 2.45) is 7.05 Å². The van der Waals surface area contributed by atoms with E-state index in [0.29, 0.717) is 36.7 Å². The van der Waals surface area contributed by atoms with Crippen LogP contribution in [0.2, 0.25) is 0 Å². The number of halogens is 1. The predicted molar refractivity (Wildman–Crippen MR) is 106 cm³/mol. The van der Waals surface area contributed by atoms with Gasteiger partial charge in [0.2, 0.25) is 0 Å². The van der Waals surface area contributed by atoms with Crippen molar-refractivity contribution in [2.45, 2.75) is 26.8 Å². The van der Waals surface area contributed by atoms with E-state index < -0.39 is 0 Å². The second-order valence-electron chi connectivity index (χ2n) is 7.34. The van der Waals surface area contributed by atoms with E-state index in [-0.39, 0.29) is 17.8 Å². The van der Waals surface area contributed by atoms with E-state index in [1.54, 1.807) is 40.8 Å². The van der Waals surface area contributed by atoms with Crippen molar-refractivity contribution in [1.82, 2.24) is 24.5 Å². The quantitative estimate of drug-likeness (QED) is 0.682. The zero-order chi connectivity index (χ0) is 20.7. The van der Waals surface area contributed by atoms with Gasteiger partial charge in [0.1, 0.15) is 11.5 Å². The van der Waals surface area contributed by atoms with E-state index in [0.717, 1.165) is 17.0 Å². The number of nitrogens with zero attached hydrogens (tertiary/aromatic N) is 5. The zero-order valence-corrected chi connectivity index (χ0v) is 17.0. The number of para-hydroxylation sites is 1. The van der Waals surface area contributed by atoms with Crippen LogP contribution in [-0.4, -0.2) is 50.1 Å². The Bertz CT molecular complexity index is 1070. The number of hydrogen-bond acceptors (Lipinski definition) is 4. The average Bonchev–Trinajstić information content (AvgIpc) is 3.19. The van der Waals surface area contributed by atoms with E-state index in [1.165, 1.54) is 6.07 Å². The number of carbonyl (C=O) groups is 1. The van der Waals surface area contributed by atoms with Crippen molar-refractivity contribution in [2.75, 3.05) is 19.8 Å². The highest BCUT2D eigenvalue weighted by molar-refractivity contribution is 5.95. The molecule has 1 amide bonds. The molecule has 1 aromatic carbocycles. The second-order valence-corrected chi connectivity index (χ2v) is 7.34. The maximum atomic E-state index is 14.4. The number of carbonyl (C=O) groups excluding carboxylic acids is 1. The molecule has 0 aliphatic carbocycles. The van der Waals surface area contributed by atoms with Gasteiger partial charge in [-0.2, -0.15) is 10.2 Å². The van der Waals surface area contributed by atoms with Crippen LogP contribution in [0.15, 0.2) is 30.5 Å². The fourth-order valence-corrected chi connectivity index (χ4v) is 4.05. The standard InChI is InChI=1S/C21H24FN5O2/c1-13-16(11-25(4)23-13)21(28)26-9-10-29-12-19(26)20-14(2)24-27(15(20)3)18-8-6-5-7-17(18)22/h5-8,11,19H,9-10,12H2,1-4H3/t19-/m0/s1. The van der Waals surface area contributed by atoms with Crippen molar-refractivity contribution in [3.63, 3.8) is 0 Å². The fraction of sp³-hybridized carbons (Fsp3) is 0.381. The molecule has 0 spiro atoms. The largest absolute Gasteiger partial charge is 0.377 e. The molecule has 2 aromatic heterocycles. The third-order valence-corrected chi connectivity index (χ3v) is 5.39. The normalized spacial score (nSPS) is 17.0. The van der Waals surface area contributed by atoms with Crippen molar-refractivity contribution < 1.29 is 13.9 Å². The summed E-state index contributed by atoms with van der Waals surface area (Å²) >= 11 is 0. The molecule has 152 valence electrons. The zero-order valence-electron chi connectivity index (χ0n) is 17.0. The van der Waals surface area contributed by atoms with E-state index in [4.69, 9.17) is 4.74 Å². The van der Waals surface area contributed by atoms with Gasteiger partial charge in [-0.05, 0) is 32.9 Å². The van der Waals surface area contributed by atoms with Crippen LogP contribution in [0.5, 0.6) is 0 Å². The molecule has 8 heteroatoms. The number of aryl methyl sites for hydroxylation is 3. The smallest absolute Gasteiger partial charge is 0.257 e. The Morgan fingerprint density at radius 2 is 1.93 bits per heavy atom. The molecular formula is C21H24FN5O2. The third kappa shape index (κ3) is 3.33. The van der Waals surface area contributed by atoms with Gasteiger partial charge in [-0.1, -0.05) is 12.1 Å². The number of morpholine rings is 1. The highest BCUT2D eigenvalue weighted by Gasteiger charge is 2.34. The lowest BCUT2D eigenvalue weighted by molar-refractivity contribution is -0.00308. The van der Waals surface area contributed by atoms with Crippen molar-refractivity contribution in [1.29, 1.82) is 0 Å². The molecule has 3 heterocycles. The van der Waals surface area contributed by atoms with Crippen LogP contribution in [0.4, 0.5) is 4.39 Å². The molecule has 1 atom stereocenters. The summed E-state index contributed by atoms with van der Waals surface area (Å²) in [5.41, 5.74) is 4.10. The summed E-state index contributed by atoms with van der Waals surface area (Å²) in [6, 6.07) is 6.24. The minimum atomic E-state index is -0.344. The van der Waals surface area contributed by atoms with Crippen molar-refractivity contribution in [3.8, 4) is 5.69 Å². The predicted octanol–water partition coefficient (Wildman–Crippen LogP) is 2.88. The van der Waals surface area contributed by atoms with Crippen molar-refractivity contribution in [3.05, 3.63) is 64.5 Å². The number of ether oxygens (including phenoxy) is 1. The number of amides is 1. The Morgan fingerprint density at radius 3 is 2.62 bits per heavy atom. The van der Waals surface area contributed by atoms with E-state index in [9.17, 15) is 9.18 Å². The molecule has 1 fully saturated rings. The molecule has 1 aliphatic heterocycles. The maximum Gasteiger partial charge on any atom is 0.257 e. The Balaban J connectivity index is 1.75. The first-order valence-electron chi connectivity index (χ1n) is 9.58. The summed E-state index contributed by atoms with van der Waals surface area (Å²) in [5, 5.41) is 8.86. The topological polar surface area (TPSA) is 65.2 Å². The first-order chi connectivity index (χ1) is 13.9. The van der Waals surface area contributed by atoms with Crippen LogP contribution in [0.1, 0.15) is 39.0 Å². The number of rotatable bonds is 3. The van der Waals surface area contributed by atoms with Gasteiger partial charge >= 0.3 is 0 Å². The Labute approximate surface area is 168 Å². The molecule has 29 heavy (non-hydrogen) atoms.